The Bertz CT molecular complexity index is 426. The van der Waals surface area contributed by atoms with Gasteiger partial charge in [0.1, 0.15) is 0 Å². The molecule has 0 aliphatic carbocycles. The van der Waals surface area contributed by atoms with Crippen LogP contribution in [-0.2, 0) is 0 Å². The minimum absolute atomic E-state index is 0.406. The van der Waals surface area contributed by atoms with Crippen LogP contribution < -0.4 is 0 Å². The van der Waals surface area contributed by atoms with Crippen LogP contribution in [0.2, 0.25) is 25.2 Å². The normalized spacial score (nSPS) is 28.6. The third kappa shape index (κ3) is 2.92. The Labute approximate surface area is 116 Å². The molecule has 0 aromatic heterocycles. The number of likely N-dealkylation sites (tertiary alicyclic amines) is 1. The fraction of sp³-hybridized carbons (Fsp3) is 0.643. The van der Waals surface area contributed by atoms with E-state index < -0.39 is 14.2 Å². The molecule has 1 fully saturated rings. The van der Waals surface area contributed by atoms with Crippen LogP contribution in [0.3, 0.4) is 0 Å². The number of hydrogen-bond acceptors (Lipinski definition) is 2. The first kappa shape index (κ1) is 14.3. The van der Waals surface area contributed by atoms with Crippen molar-refractivity contribution in [3.05, 3.63) is 24.0 Å². The first-order valence-corrected chi connectivity index (χ1v) is 10.5. The molecule has 1 amide bonds. The molecule has 0 aromatic carbocycles. The lowest BCUT2D eigenvalue weighted by Gasteiger charge is -2.37. The van der Waals surface area contributed by atoms with Crippen LogP contribution in [0.5, 0.6) is 0 Å². The van der Waals surface area contributed by atoms with Crippen LogP contribution in [0.25, 0.3) is 0 Å². The predicted octanol–water partition coefficient (Wildman–Crippen LogP) is 3.18. The lowest BCUT2D eigenvalue weighted by Crippen LogP contribution is -2.39. The average Bonchev–Trinajstić information content (AvgIpc) is 2.73. The number of allylic oxidation sites excluding steroid dienone is 1. The molecule has 0 radical (unpaired) electrons. The van der Waals surface area contributed by atoms with Gasteiger partial charge in [0.2, 0.25) is 0 Å². The molecule has 2 heterocycles. The summed E-state index contributed by atoms with van der Waals surface area (Å²) in [5.74, 6) is 0. The topological polar surface area (TPSA) is 43.8 Å². The highest BCUT2D eigenvalue weighted by Gasteiger charge is 2.37. The number of rotatable bonds is 2. The lowest BCUT2D eigenvalue weighted by atomic mass is 10.00. The van der Waals surface area contributed by atoms with E-state index in [4.69, 9.17) is 0 Å². The molecule has 2 rings (SSSR count). The fourth-order valence-electron chi connectivity index (χ4n) is 3.11. The highest BCUT2D eigenvalue weighted by Crippen LogP contribution is 2.40. The third-order valence-corrected chi connectivity index (χ3v) is 6.54. The zero-order valence-electron chi connectivity index (χ0n) is 12.3. The van der Waals surface area contributed by atoms with Gasteiger partial charge in [-0.1, -0.05) is 25.7 Å². The van der Waals surface area contributed by atoms with Gasteiger partial charge >= 0.3 is 6.09 Å². The molecule has 2 aliphatic heterocycles. The van der Waals surface area contributed by atoms with Gasteiger partial charge in [-0.05, 0) is 37.5 Å². The van der Waals surface area contributed by atoms with Crippen LogP contribution in [0, 0.1) is 0 Å². The highest BCUT2D eigenvalue weighted by atomic mass is 28.3. The molecule has 106 valence electrons. The van der Waals surface area contributed by atoms with Crippen molar-refractivity contribution in [1.82, 2.24) is 9.80 Å². The second kappa shape index (κ2) is 5.13. The number of likely N-dealkylation sites (N-methyl/N-ethyl adjacent to an activating group) is 1. The Morgan fingerprint density at radius 1 is 1.42 bits per heavy atom. The molecule has 2 unspecified atom stereocenters. The highest BCUT2D eigenvalue weighted by molar-refractivity contribution is 6.78. The molecule has 4 nitrogen and oxygen atoms in total. The van der Waals surface area contributed by atoms with Crippen LogP contribution in [0.1, 0.15) is 12.8 Å². The van der Waals surface area contributed by atoms with Crippen molar-refractivity contribution >= 4 is 14.2 Å². The zero-order chi connectivity index (χ0) is 14.2. The van der Waals surface area contributed by atoms with E-state index in [2.05, 4.69) is 37.7 Å². The van der Waals surface area contributed by atoms with Crippen molar-refractivity contribution in [2.75, 3.05) is 13.6 Å². The first-order chi connectivity index (χ1) is 8.80. The molecule has 2 atom stereocenters. The standard InChI is InChI=1S/C14H24N2O2Si/c1-15-8-5-6-12(15)11-10-16(14(17)18)9-7-13(11)19(2,3)4/h7,9-10,12-13H,5-6,8H2,1-4H3,(H,17,18). The van der Waals surface area contributed by atoms with Gasteiger partial charge < -0.3 is 5.11 Å². The van der Waals surface area contributed by atoms with E-state index in [1.54, 1.807) is 6.20 Å². The second-order valence-electron chi connectivity index (χ2n) is 6.64. The fourth-order valence-corrected chi connectivity index (χ4v) is 5.04. The smallest absolute Gasteiger partial charge is 0.415 e. The monoisotopic (exact) mass is 280 g/mol. The van der Waals surface area contributed by atoms with Crippen LogP contribution >= 0.6 is 0 Å². The van der Waals surface area contributed by atoms with E-state index >= 15 is 0 Å². The Balaban J connectivity index is 2.33. The summed E-state index contributed by atoms with van der Waals surface area (Å²) >= 11 is 0. The molecule has 0 bridgehead atoms. The van der Waals surface area contributed by atoms with Crippen molar-refractivity contribution in [1.29, 1.82) is 0 Å². The van der Waals surface area contributed by atoms with Crippen molar-refractivity contribution in [2.24, 2.45) is 0 Å². The summed E-state index contributed by atoms with van der Waals surface area (Å²) in [6.07, 6.45) is 7.12. The Kier molecular flexibility index (Phi) is 3.87. The van der Waals surface area contributed by atoms with Crippen molar-refractivity contribution in [2.45, 2.75) is 44.1 Å². The van der Waals surface area contributed by atoms with E-state index in [0.29, 0.717) is 11.6 Å². The van der Waals surface area contributed by atoms with Gasteiger partial charge in [0, 0.05) is 18.4 Å². The summed E-state index contributed by atoms with van der Waals surface area (Å²) < 4.78 is 0. The van der Waals surface area contributed by atoms with Gasteiger partial charge in [0.05, 0.1) is 8.07 Å². The number of nitrogens with zero attached hydrogens (tertiary/aromatic N) is 2. The Morgan fingerprint density at radius 3 is 2.58 bits per heavy atom. The summed E-state index contributed by atoms with van der Waals surface area (Å²) in [6.45, 7) is 8.15. The van der Waals surface area contributed by atoms with Crippen molar-refractivity contribution < 1.29 is 9.90 Å². The van der Waals surface area contributed by atoms with Gasteiger partial charge in [-0.25, -0.2) is 4.79 Å². The van der Waals surface area contributed by atoms with Crippen LogP contribution in [0.15, 0.2) is 24.0 Å². The maximum Gasteiger partial charge on any atom is 0.415 e. The number of carbonyl (C=O) groups is 1. The van der Waals surface area contributed by atoms with Gasteiger partial charge in [0.15, 0.2) is 0 Å². The molecule has 2 aliphatic rings. The van der Waals surface area contributed by atoms with Crippen LogP contribution in [-0.4, -0.2) is 48.7 Å². The van der Waals surface area contributed by atoms with E-state index in [9.17, 15) is 9.90 Å². The predicted molar refractivity (Wildman–Crippen MR) is 79.8 cm³/mol. The molecular weight excluding hydrogens is 256 g/mol. The molecule has 1 saturated heterocycles. The summed E-state index contributed by atoms with van der Waals surface area (Å²) in [5, 5.41) is 9.18. The SMILES string of the molecule is CN1CCCC1C1=CN(C(=O)O)C=CC1[Si](C)(C)C. The molecule has 5 heteroatoms. The minimum atomic E-state index is -1.38. The maximum atomic E-state index is 11.2. The van der Waals surface area contributed by atoms with Crippen LogP contribution in [0.4, 0.5) is 4.79 Å². The maximum absolute atomic E-state index is 11.2. The molecule has 0 saturated carbocycles. The van der Waals surface area contributed by atoms with Gasteiger partial charge in [-0.2, -0.15) is 0 Å². The number of hydrogen-bond donors (Lipinski definition) is 1. The second-order valence-corrected chi connectivity index (χ2v) is 12.0. The minimum Gasteiger partial charge on any atom is -0.464 e. The van der Waals surface area contributed by atoms with Gasteiger partial charge in [-0.15, -0.1) is 0 Å². The summed E-state index contributed by atoms with van der Waals surface area (Å²) in [6, 6.07) is 0.406. The number of carboxylic acid groups (broad SMARTS) is 1. The lowest BCUT2D eigenvalue weighted by molar-refractivity contribution is 0.174. The summed E-state index contributed by atoms with van der Waals surface area (Å²) in [5.41, 5.74) is 1.73. The largest absolute Gasteiger partial charge is 0.464 e. The van der Waals surface area contributed by atoms with Gasteiger partial charge in [-0.3, -0.25) is 9.80 Å². The third-order valence-electron chi connectivity index (χ3n) is 4.15. The summed E-state index contributed by atoms with van der Waals surface area (Å²) in [4.78, 5) is 14.8. The molecule has 19 heavy (non-hydrogen) atoms. The Morgan fingerprint density at radius 2 is 2.11 bits per heavy atom. The quantitative estimate of drug-likeness (QED) is 0.790. The van der Waals surface area contributed by atoms with Gasteiger partial charge in [0.25, 0.3) is 0 Å². The Hall–Kier alpha value is -1.07. The van der Waals surface area contributed by atoms with E-state index in [-0.39, 0.29) is 0 Å². The summed E-state index contributed by atoms with van der Waals surface area (Å²) in [7, 11) is 0.760. The molecular formula is C14H24N2O2Si. The first-order valence-electron chi connectivity index (χ1n) is 6.92. The number of amides is 1. The van der Waals surface area contributed by atoms with E-state index in [1.807, 2.05) is 6.20 Å². The van der Waals surface area contributed by atoms with Crippen molar-refractivity contribution in [3.8, 4) is 0 Å². The average molecular weight is 280 g/mol. The molecule has 0 spiro atoms. The van der Waals surface area contributed by atoms with E-state index in [1.165, 1.54) is 16.9 Å². The van der Waals surface area contributed by atoms with E-state index in [0.717, 1.165) is 13.0 Å². The zero-order valence-corrected chi connectivity index (χ0v) is 13.3. The molecule has 1 N–H and O–H groups in total. The van der Waals surface area contributed by atoms with Crippen molar-refractivity contribution in [3.63, 3.8) is 0 Å². The molecule has 0 aromatic rings.